The zero-order valence-electron chi connectivity index (χ0n) is 6.97. The summed E-state index contributed by atoms with van der Waals surface area (Å²) < 4.78 is 0. The summed E-state index contributed by atoms with van der Waals surface area (Å²) in [6.07, 6.45) is 0.931. The van der Waals surface area contributed by atoms with Crippen LogP contribution in [0.4, 0.5) is 0 Å². The minimum atomic E-state index is 0.653. The third kappa shape index (κ3) is 5.42. The van der Waals surface area contributed by atoms with Gasteiger partial charge in [0, 0.05) is 26.4 Å². The summed E-state index contributed by atoms with van der Waals surface area (Å²) >= 11 is 0. The van der Waals surface area contributed by atoms with Crippen molar-refractivity contribution in [1.29, 1.82) is 0 Å². The Hall–Kier alpha value is -0.240. The van der Waals surface area contributed by atoms with Gasteiger partial charge in [0.25, 0.3) is 0 Å². The van der Waals surface area contributed by atoms with Gasteiger partial charge in [-0.15, -0.1) is 0 Å². The third-order valence-corrected chi connectivity index (χ3v) is 1.30. The molecule has 2 fully saturated rings. The van der Waals surface area contributed by atoms with Crippen molar-refractivity contribution in [3.05, 3.63) is 0 Å². The van der Waals surface area contributed by atoms with E-state index in [1.807, 2.05) is 0 Å². The Kier molecular flexibility index (Phi) is 6.08. The molecule has 6 nitrogen and oxygen atoms in total. The van der Waals surface area contributed by atoms with Gasteiger partial charge in [0.15, 0.2) is 0 Å². The fraction of sp³-hybridized carbons (Fsp3) is 1.00. The number of hydrogen-bond acceptors (Lipinski definition) is 6. The van der Waals surface area contributed by atoms with Crippen LogP contribution in [0.2, 0.25) is 0 Å². The molecule has 0 radical (unpaired) electrons. The first-order valence-corrected chi connectivity index (χ1v) is 4.03. The van der Waals surface area contributed by atoms with E-state index in [1.54, 1.807) is 0 Å². The van der Waals surface area contributed by atoms with Crippen LogP contribution in [0.3, 0.4) is 0 Å². The van der Waals surface area contributed by atoms with E-state index in [0.717, 1.165) is 26.4 Å². The Morgan fingerprint density at radius 3 is 1.42 bits per heavy atom. The standard InChI is InChI=1S/C3H9N3.C3H6O3/c1-4-2-6-3-5-1;1-2-4-6-5-3-1/h4-6H,1-3H2;1-3H2. The highest BCUT2D eigenvalue weighted by Gasteiger charge is 1.96. The zero-order chi connectivity index (χ0) is 8.49. The second kappa shape index (κ2) is 7.41. The van der Waals surface area contributed by atoms with Gasteiger partial charge in [0.1, 0.15) is 0 Å². The van der Waals surface area contributed by atoms with Crippen LogP contribution in [0.5, 0.6) is 0 Å². The lowest BCUT2D eigenvalue weighted by Gasteiger charge is -2.13. The molecule has 0 spiro atoms. The van der Waals surface area contributed by atoms with Gasteiger partial charge < -0.3 is 0 Å². The summed E-state index contributed by atoms with van der Waals surface area (Å²) in [5.41, 5.74) is 0. The largest absolute Gasteiger partial charge is 0.292 e. The molecule has 0 saturated carbocycles. The first kappa shape index (κ1) is 9.85. The lowest BCUT2D eigenvalue weighted by Crippen LogP contribution is -2.47. The Balaban J connectivity index is 0.000000120. The summed E-state index contributed by atoms with van der Waals surface area (Å²) in [6, 6.07) is 0. The molecular weight excluding hydrogens is 162 g/mol. The maximum Gasteiger partial charge on any atom is 0.0877 e. The Labute approximate surface area is 71.4 Å². The molecule has 2 aliphatic rings. The lowest BCUT2D eigenvalue weighted by molar-refractivity contribution is -0.532. The molecule has 0 aromatic heterocycles. The van der Waals surface area contributed by atoms with Crippen LogP contribution in [0.1, 0.15) is 6.42 Å². The predicted molar refractivity (Wildman–Crippen MR) is 41.6 cm³/mol. The van der Waals surface area contributed by atoms with Gasteiger partial charge in [-0.2, -0.15) is 0 Å². The van der Waals surface area contributed by atoms with Crippen LogP contribution in [0, 0.1) is 0 Å². The molecule has 2 aliphatic heterocycles. The van der Waals surface area contributed by atoms with Gasteiger partial charge in [0.2, 0.25) is 0 Å². The van der Waals surface area contributed by atoms with Crippen molar-refractivity contribution in [1.82, 2.24) is 16.0 Å². The van der Waals surface area contributed by atoms with E-state index in [-0.39, 0.29) is 0 Å². The lowest BCUT2D eigenvalue weighted by atomic mass is 10.5. The minimum Gasteiger partial charge on any atom is -0.292 e. The highest BCUT2D eigenvalue weighted by molar-refractivity contribution is 4.49. The normalized spacial score (nSPS) is 24.0. The van der Waals surface area contributed by atoms with Crippen molar-refractivity contribution in [2.45, 2.75) is 6.42 Å². The number of nitrogens with one attached hydrogen (secondary N) is 3. The fourth-order valence-corrected chi connectivity index (χ4v) is 0.732. The van der Waals surface area contributed by atoms with Gasteiger partial charge in [-0.1, -0.05) is 5.04 Å². The molecule has 0 aliphatic carbocycles. The third-order valence-electron chi connectivity index (χ3n) is 1.30. The van der Waals surface area contributed by atoms with Gasteiger partial charge in [0.05, 0.1) is 13.2 Å². The van der Waals surface area contributed by atoms with E-state index >= 15 is 0 Å². The second-order valence-electron chi connectivity index (χ2n) is 2.35. The minimum absolute atomic E-state index is 0.653. The monoisotopic (exact) mass is 177 g/mol. The van der Waals surface area contributed by atoms with Crippen molar-refractivity contribution < 1.29 is 14.8 Å². The molecule has 0 bridgehead atoms. The van der Waals surface area contributed by atoms with Crippen molar-refractivity contribution in [3.63, 3.8) is 0 Å². The van der Waals surface area contributed by atoms with Crippen molar-refractivity contribution in [3.8, 4) is 0 Å². The van der Waals surface area contributed by atoms with Gasteiger partial charge in [-0.05, 0) is 0 Å². The van der Waals surface area contributed by atoms with E-state index in [2.05, 4.69) is 30.8 Å². The summed E-state index contributed by atoms with van der Waals surface area (Å²) in [4.78, 5) is 8.69. The van der Waals surface area contributed by atoms with E-state index < -0.39 is 0 Å². The zero-order valence-corrected chi connectivity index (χ0v) is 6.97. The molecule has 0 aromatic rings. The van der Waals surface area contributed by atoms with E-state index in [1.165, 1.54) is 0 Å². The van der Waals surface area contributed by atoms with E-state index in [0.29, 0.717) is 13.2 Å². The molecule has 6 heteroatoms. The molecule has 2 heterocycles. The fourth-order valence-electron chi connectivity index (χ4n) is 0.732. The molecule has 0 aromatic carbocycles. The highest BCUT2D eigenvalue weighted by Crippen LogP contribution is 1.93. The van der Waals surface area contributed by atoms with E-state index in [9.17, 15) is 0 Å². The summed E-state index contributed by atoms with van der Waals surface area (Å²) in [6.45, 7) is 4.12. The first-order valence-electron chi connectivity index (χ1n) is 4.03. The van der Waals surface area contributed by atoms with Crippen LogP contribution in [0.15, 0.2) is 0 Å². The van der Waals surface area contributed by atoms with Crippen molar-refractivity contribution in [2.24, 2.45) is 0 Å². The molecule has 0 unspecified atom stereocenters. The first-order chi connectivity index (χ1) is 6.00. The number of rotatable bonds is 0. The van der Waals surface area contributed by atoms with Crippen LogP contribution >= 0.6 is 0 Å². The van der Waals surface area contributed by atoms with Gasteiger partial charge >= 0.3 is 0 Å². The quantitative estimate of drug-likeness (QED) is 0.409. The average molecular weight is 177 g/mol. The molecule has 12 heavy (non-hydrogen) atoms. The highest BCUT2D eigenvalue weighted by atomic mass is 17.5. The van der Waals surface area contributed by atoms with Gasteiger partial charge in [-0.25, -0.2) is 9.78 Å². The van der Waals surface area contributed by atoms with Crippen LogP contribution < -0.4 is 16.0 Å². The predicted octanol–water partition coefficient (Wildman–Crippen LogP) is -1.09. The van der Waals surface area contributed by atoms with E-state index in [4.69, 9.17) is 0 Å². The van der Waals surface area contributed by atoms with Crippen molar-refractivity contribution in [2.75, 3.05) is 33.2 Å². The smallest absolute Gasteiger partial charge is 0.0877 e. The molecule has 0 amide bonds. The maximum atomic E-state index is 4.35. The number of hydrogen-bond donors (Lipinski definition) is 3. The van der Waals surface area contributed by atoms with Crippen LogP contribution in [-0.2, 0) is 14.8 Å². The maximum absolute atomic E-state index is 4.35. The Morgan fingerprint density at radius 2 is 1.25 bits per heavy atom. The SMILES string of the molecule is C1COOOC1.C1NCNCN1. The molecule has 0 atom stereocenters. The summed E-state index contributed by atoms with van der Waals surface area (Å²) in [7, 11) is 0. The summed E-state index contributed by atoms with van der Waals surface area (Å²) in [5, 5.41) is 13.3. The van der Waals surface area contributed by atoms with Crippen molar-refractivity contribution >= 4 is 0 Å². The average Bonchev–Trinajstić information content (AvgIpc) is 2.24. The molecule has 2 saturated heterocycles. The Bertz CT molecular complexity index is 61.0. The van der Waals surface area contributed by atoms with Gasteiger partial charge in [-0.3, -0.25) is 16.0 Å². The molecular formula is C6H15N3O3. The van der Waals surface area contributed by atoms with Crippen LogP contribution in [0.25, 0.3) is 0 Å². The molecule has 72 valence electrons. The van der Waals surface area contributed by atoms with Crippen LogP contribution in [-0.4, -0.2) is 33.2 Å². The second-order valence-corrected chi connectivity index (χ2v) is 2.35. The molecule has 2 rings (SSSR count). The summed E-state index contributed by atoms with van der Waals surface area (Å²) in [5.74, 6) is 0. The molecule has 3 N–H and O–H groups in total. The Morgan fingerprint density at radius 1 is 0.750 bits per heavy atom. The topological polar surface area (TPSA) is 63.8 Å².